The molecule has 1 aromatic rings. The maximum atomic E-state index is 11.9. The van der Waals surface area contributed by atoms with Crippen molar-refractivity contribution in [2.45, 2.75) is 13.0 Å². The van der Waals surface area contributed by atoms with Crippen molar-refractivity contribution in [3.05, 3.63) is 24.2 Å². The molecule has 0 saturated carbocycles. The first-order valence-corrected chi connectivity index (χ1v) is 9.84. The van der Waals surface area contributed by atoms with E-state index in [4.69, 9.17) is 9.15 Å². The first-order chi connectivity index (χ1) is 11.4. The van der Waals surface area contributed by atoms with E-state index in [2.05, 4.69) is 10.2 Å². The molecule has 9 heteroatoms. The number of ether oxygens (including phenoxy) is 1. The summed E-state index contributed by atoms with van der Waals surface area (Å²) in [6.45, 7) is 4.79. The molecule has 0 aliphatic carbocycles. The lowest BCUT2D eigenvalue weighted by atomic mass is 10.3. The quantitative estimate of drug-likeness (QED) is 0.661. The Morgan fingerprint density at radius 2 is 2.12 bits per heavy atom. The zero-order valence-electron chi connectivity index (χ0n) is 13.9. The average molecular weight is 359 g/mol. The molecule has 136 valence electrons. The van der Waals surface area contributed by atoms with E-state index in [0.29, 0.717) is 12.3 Å². The molecule has 0 radical (unpaired) electrons. The van der Waals surface area contributed by atoms with Gasteiger partial charge in [-0.2, -0.15) is 4.31 Å². The van der Waals surface area contributed by atoms with Crippen molar-refractivity contribution in [1.29, 1.82) is 0 Å². The summed E-state index contributed by atoms with van der Waals surface area (Å²) < 4.78 is 35.3. The highest BCUT2D eigenvalue weighted by atomic mass is 32.2. The van der Waals surface area contributed by atoms with E-state index in [9.17, 15) is 13.2 Å². The highest BCUT2D eigenvalue weighted by Gasteiger charge is 2.19. The molecule has 1 N–H and O–H groups in total. The largest absolute Gasteiger partial charge is 0.468 e. The SMILES string of the molecule is CS(=O)(=O)N(CCC(=O)NCCN1CCOCC1)Cc1ccco1. The average Bonchev–Trinajstić information content (AvgIpc) is 3.04. The molecular formula is C15H25N3O5S. The van der Waals surface area contributed by atoms with E-state index in [0.717, 1.165) is 39.1 Å². The summed E-state index contributed by atoms with van der Waals surface area (Å²) in [6, 6.07) is 3.41. The molecule has 2 rings (SSSR count). The Morgan fingerprint density at radius 3 is 2.75 bits per heavy atom. The van der Waals surface area contributed by atoms with Crippen LogP contribution in [0.4, 0.5) is 0 Å². The summed E-state index contributed by atoms with van der Waals surface area (Å²) in [5.41, 5.74) is 0. The third-order valence-corrected chi connectivity index (χ3v) is 5.07. The van der Waals surface area contributed by atoms with Gasteiger partial charge in [0.2, 0.25) is 15.9 Å². The standard InChI is InChI=1S/C15H25N3O5S/c1-24(20,21)18(13-14-3-2-10-23-14)6-4-15(19)16-5-7-17-8-11-22-12-9-17/h2-3,10H,4-9,11-13H2,1H3,(H,16,19). The van der Waals surface area contributed by atoms with Crippen molar-refractivity contribution in [2.75, 3.05) is 52.2 Å². The highest BCUT2D eigenvalue weighted by Crippen LogP contribution is 2.09. The molecule has 0 bridgehead atoms. The van der Waals surface area contributed by atoms with Crippen LogP contribution < -0.4 is 5.32 Å². The minimum atomic E-state index is -3.40. The summed E-state index contributed by atoms with van der Waals surface area (Å²) in [4.78, 5) is 14.1. The third kappa shape index (κ3) is 6.60. The Kier molecular flexibility index (Phi) is 7.22. The summed E-state index contributed by atoms with van der Waals surface area (Å²) in [6.07, 6.45) is 2.75. The smallest absolute Gasteiger partial charge is 0.221 e. The van der Waals surface area contributed by atoms with Crippen LogP contribution in [0.1, 0.15) is 12.2 Å². The van der Waals surface area contributed by atoms with Crippen molar-refractivity contribution in [3.8, 4) is 0 Å². The second kappa shape index (κ2) is 9.16. The lowest BCUT2D eigenvalue weighted by Gasteiger charge is -2.26. The number of rotatable bonds is 9. The van der Waals surface area contributed by atoms with Gasteiger partial charge in [-0.25, -0.2) is 8.42 Å². The molecule has 0 unspecified atom stereocenters. The highest BCUT2D eigenvalue weighted by molar-refractivity contribution is 7.88. The minimum Gasteiger partial charge on any atom is -0.468 e. The van der Waals surface area contributed by atoms with Crippen LogP contribution in [-0.2, 0) is 26.1 Å². The normalized spacial score (nSPS) is 16.4. The second-order valence-corrected chi connectivity index (χ2v) is 7.71. The van der Waals surface area contributed by atoms with Crippen molar-refractivity contribution in [2.24, 2.45) is 0 Å². The minimum absolute atomic E-state index is 0.122. The maximum Gasteiger partial charge on any atom is 0.221 e. The summed E-state index contributed by atoms with van der Waals surface area (Å²) in [5, 5.41) is 2.83. The molecule has 1 saturated heterocycles. The van der Waals surface area contributed by atoms with Crippen LogP contribution >= 0.6 is 0 Å². The topological polar surface area (TPSA) is 92.1 Å². The van der Waals surface area contributed by atoms with Gasteiger partial charge in [0, 0.05) is 39.1 Å². The first kappa shape index (κ1) is 18.9. The summed E-state index contributed by atoms with van der Waals surface area (Å²) in [5.74, 6) is 0.393. The molecule has 1 aliphatic heterocycles. The fourth-order valence-electron chi connectivity index (χ4n) is 2.43. The van der Waals surface area contributed by atoms with Crippen LogP contribution in [0.5, 0.6) is 0 Å². The second-order valence-electron chi connectivity index (χ2n) is 5.73. The number of nitrogens with one attached hydrogen (secondary N) is 1. The van der Waals surface area contributed by atoms with Crippen molar-refractivity contribution < 1.29 is 22.4 Å². The van der Waals surface area contributed by atoms with Gasteiger partial charge in [0.05, 0.1) is 32.3 Å². The van der Waals surface area contributed by atoms with E-state index < -0.39 is 10.0 Å². The molecule has 1 amide bonds. The molecule has 24 heavy (non-hydrogen) atoms. The fraction of sp³-hybridized carbons (Fsp3) is 0.667. The monoisotopic (exact) mass is 359 g/mol. The molecule has 8 nitrogen and oxygen atoms in total. The van der Waals surface area contributed by atoms with Crippen LogP contribution in [-0.4, -0.2) is 75.7 Å². The van der Waals surface area contributed by atoms with Crippen molar-refractivity contribution >= 4 is 15.9 Å². The van der Waals surface area contributed by atoms with Crippen LogP contribution in [0, 0.1) is 0 Å². The van der Waals surface area contributed by atoms with E-state index in [-0.39, 0.29) is 25.4 Å². The predicted octanol–water partition coefficient (Wildman–Crippen LogP) is -0.120. The maximum absolute atomic E-state index is 11.9. The Morgan fingerprint density at radius 1 is 1.38 bits per heavy atom. The van der Waals surface area contributed by atoms with Gasteiger partial charge in [-0.1, -0.05) is 0 Å². The van der Waals surface area contributed by atoms with Crippen LogP contribution in [0.15, 0.2) is 22.8 Å². The number of morpholine rings is 1. The van der Waals surface area contributed by atoms with Gasteiger partial charge in [0.1, 0.15) is 5.76 Å². The molecule has 0 atom stereocenters. The number of carbonyl (C=O) groups is 1. The number of hydrogen-bond donors (Lipinski definition) is 1. The Bertz CT molecular complexity index is 597. The predicted molar refractivity (Wildman–Crippen MR) is 88.8 cm³/mol. The third-order valence-electron chi connectivity index (χ3n) is 3.82. The lowest BCUT2D eigenvalue weighted by Crippen LogP contribution is -2.42. The van der Waals surface area contributed by atoms with Crippen LogP contribution in [0.25, 0.3) is 0 Å². The van der Waals surface area contributed by atoms with E-state index in [1.807, 2.05) is 0 Å². The van der Waals surface area contributed by atoms with Gasteiger partial charge in [-0.3, -0.25) is 9.69 Å². The van der Waals surface area contributed by atoms with Crippen LogP contribution in [0.3, 0.4) is 0 Å². The molecule has 0 aromatic carbocycles. The Labute approximate surface area is 142 Å². The lowest BCUT2D eigenvalue weighted by molar-refractivity contribution is -0.121. The number of sulfonamides is 1. The van der Waals surface area contributed by atoms with Gasteiger partial charge in [0.25, 0.3) is 0 Å². The fourth-order valence-corrected chi connectivity index (χ4v) is 3.22. The molecule has 1 fully saturated rings. The number of carbonyl (C=O) groups excluding carboxylic acids is 1. The van der Waals surface area contributed by atoms with Gasteiger partial charge in [-0.15, -0.1) is 0 Å². The van der Waals surface area contributed by atoms with Gasteiger partial charge < -0.3 is 14.5 Å². The van der Waals surface area contributed by atoms with Crippen LogP contribution in [0.2, 0.25) is 0 Å². The van der Waals surface area contributed by atoms with E-state index in [1.165, 1.54) is 10.6 Å². The Balaban J connectivity index is 1.71. The molecule has 1 aromatic heterocycles. The molecule has 1 aliphatic rings. The van der Waals surface area contributed by atoms with E-state index >= 15 is 0 Å². The zero-order valence-corrected chi connectivity index (χ0v) is 14.8. The van der Waals surface area contributed by atoms with E-state index in [1.54, 1.807) is 12.1 Å². The molecule has 2 heterocycles. The Hall–Kier alpha value is -1.42. The van der Waals surface area contributed by atoms with Gasteiger partial charge >= 0.3 is 0 Å². The summed E-state index contributed by atoms with van der Waals surface area (Å²) >= 11 is 0. The number of nitrogens with zero attached hydrogens (tertiary/aromatic N) is 2. The first-order valence-electron chi connectivity index (χ1n) is 7.99. The van der Waals surface area contributed by atoms with Gasteiger partial charge in [0.15, 0.2) is 0 Å². The number of amides is 1. The molecular weight excluding hydrogens is 334 g/mol. The van der Waals surface area contributed by atoms with Crippen molar-refractivity contribution in [3.63, 3.8) is 0 Å². The number of hydrogen-bond acceptors (Lipinski definition) is 6. The number of furan rings is 1. The molecule has 0 spiro atoms. The van der Waals surface area contributed by atoms with Gasteiger partial charge in [-0.05, 0) is 12.1 Å². The zero-order chi connectivity index (χ0) is 17.4. The van der Waals surface area contributed by atoms with Crippen molar-refractivity contribution in [1.82, 2.24) is 14.5 Å². The summed E-state index contributed by atoms with van der Waals surface area (Å²) in [7, 11) is -3.40.